The van der Waals surface area contributed by atoms with Crippen LogP contribution in [0.5, 0.6) is 0 Å². The van der Waals surface area contributed by atoms with E-state index < -0.39 is 28.7 Å². The molecule has 0 N–H and O–H groups in total. The van der Waals surface area contributed by atoms with Crippen LogP contribution in [0.4, 0.5) is 13.2 Å². The smallest absolute Gasteiger partial charge is 0.267 e. The lowest BCUT2D eigenvalue weighted by Gasteiger charge is -2.27. The van der Waals surface area contributed by atoms with Crippen molar-refractivity contribution in [3.8, 4) is 0 Å². The first-order chi connectivity index (χ1) is 14.3. The van der Waals surface area contributed by atoms with E-state index >= 15 is 0 Å². The third-order valence-electron chi connectivity index (χ3n) is 4.77. The van der Waals surface area contributed by atoms with Gasteiger partial charge in [0.2, 0.25) is 0 Å². The van der Waals surface area contributed by atoms with Crippen LogP contribution in [0, 0.1) is 10.1 Å². The number of hydrogen-bond acceptors (Lipinski definition) is 5. The van der Waals surface area contributed by atoms with Gasteiger partial charge in [0.1, 0.15) is 12.6 Å². The molecule has 0 aromatic heterocycles. The molecule has 1 aliphatic heterocycles. The van der Waals surface area contributed by atoms with Crippen LogP contribution < -0.4 is 0 Å². The van der Waals surface area contributed by atoms with Crippen LogP contribution in [0.15, 0.2) is 83.5 Å². The number of amidine groups is 1. The molecule has 2 aliphatic rings. The van der Waals surface area contributed by atoms with Gasteiger partial charge in [-0.1, -0.05) is 48.5 Å². The van der Waals surface area contributed by atoms with Crippen LogP contribution in [0.1, 0.15) is 16.7 Å². The van der Waals surface area contributed by atoms with E-state index in [1.54, 1.807) is 6.08 Å². The number of fused-ring (bicyclic) bond motifs is 1. The minimum Gasteiger partial charge on any atom is -0.267 e. The minimum atomic E-state index is -4.46. The van der Waals surface area contributed by atoms with Crippen molar-refractivity contribution in [3.05, 3.63) is 105 Å². The lowest BCUT2D eigenvalue weighted by Crippen LogP contribution is -2.39. The molecule has 4 rings (SSSR count). The van der Waals surface area contributed by atoms with Gasteiger partial charge >= 0.3 is 6.18 Å². The SMILES string of the molecule is O=[N+]([O-])C1=CC2C(C=C1)N=C(c1ccccc1)N2OCc1cccc(C(F)(F)F)c1. The lowest BCUT2D eigenvalue weighted by atomic mass is 10.0. The van der Waals surface area contributed by atoms with Gasteiger partial charge in [-0.15, -0.1) is 0 Å². The van der Waals surface area contributed by atoms with Crippen molar-refractivity contribution >= 4 is 5.84 Å². The van der Waals surface area contributed by atoms with Crippen molar-refractivity contribution in [2.45, 2.75) is 24.9 Å². The lowest BCUT2D eigenvalue weighted by molar-refractivity contribution is -0.419. The summed E-state index contributed by atoms with van der Waals surface area (Å²) in [5.41, 5.74) is 0.204. The van der Waals surface area contributed by atoms with Gasteiger partial charge in [0.25, 0.3) is 5.70 Å². The standard InChI is InChI=1S/C21H16F3N3O3/c22-21(23,24)16-8-4-5-14(11-16)13-30-26-19-12-17(27(28)29)9-10-18(19)25-20(26)15-6-2-1-3-7-15/h1-12,18-19H,13H2. The number of nitrogens with zero attached hydrogens (tertiary/aromatic N) is 3. The summed E-state index contributed by atoms with van der Waals surface area (Å²) < 4.78 is 38.9. The van der Waals surface area contributed by atoms with Crippen molar-refractivity contribution in [1.82, 2.24) is 5.06 Å². The van der Waals surface area contributed by atoms with Gasteiger partial charge in [-0.3, -0.25) is 19.9 Å². The largest absolute Gasteiger partial charge is 0.416 e. The topological polar surface area (TPSA) is 68.0 Å². The highest BCUT2D eigenvalue weighted by molar-refractivity contribution is 6.00. The highest BCUT2D eigenvalue weighted by Crippen LogP contribution is 2.31. The first kappa shape index (κ1) is 19.8. The van der Waals surface area contributed by atoms with Gasteiger partial charge in [-0.05, 0) is 17.7 Å². The number of alkyl halides is 3. The molecule has 2 aromatic rings. The maximum atomic E-state index is 13.0. The van der Waals surface area contributed by atoms with Gasteiger partial charge in [-0.2, -0.15) is 13.2 Å². The van der Waals surface area contributed by atoms with Gasteiger partial charge in [0.05, 0.1) is 16.5 Å². The van der Waals surface area contributed by atoms with E-state index in [2.05, 4.69) is 4.99 Å². The molecular formula is C21H16F3N3O3. The third-order valence-corrected chi connectivity index (χ3v) is 4.77. The molecule has 154 valence electrons. The van der Waals surface area contributed by atoms with Crippen LogP contribution in [0.2, 0.25) is 0 Å². The number of hydroxylamine groups is 2. The first-order valence-corrected chi connectivity index (χ1v) is 9.09. The Balaban J connectivity index is 1.62. The highest BCUT2D eigenvalue weighted by atomic mass is 19.4. The molecule has 0 amide bonds. The monoisotopic (exact) mass is 415 g/mol. The number of halogens is 3. The van der Waals surface area contributed by atoms with E-state index in [1.807, 2.05) is 30.3 Å². The van der Waals surface area contributed by atoms with Gasteiger partial charge in [-0.25, -0.2) is 5.06 Å². The Hall–Kier alpha value is -3.46. The van der Waals surface area contributed by atoms with E-state index in [0.717, 1.165) is 17.7 Å². The summed E-state index contributed by atoms with van der Waals surface area (Å²) >= 11 is 0. The quantitative estimate of drug-likeness (QED) is 0.537. The number of rotatable bonds is 5. The second-order valence-electron chi connectivity index (χ2n) is 6.81. The number of benzene rings is 2. The molecule has 0 spiro atoms. The van der Waals surface area contributed by atoms with Crippen LogP contribution >= 0.6 is 0 Å². The Labute approximate surface area is 169 Å². The summed E-state index contributed by atoms with van der Waals surface area (Å²) in [6.07, 6.45) is 0.00211. The van der Waals surface area contributed by atoms with Crippen LogP contribution in [0.3, 0.4) is 0 Å². The summed E-state index contributed by atoms with van der Waals surface area (Å²) in [7, 11) is 0. The fraction of sp³-hybridized carbons (Fsp3) is 0.190. The maximum absolute atomic E-state index is 13.0. The van der Waals surface area contributed by atoms with Gasteiger partial charge < -0.3 is 0 Å². The van der Waals surface area contributed by atoms with Crippen molar-refractivity contribution in [2.24, 2.45) is 4.99 Å². The van der Waals surface area contributed by atoms with E-state index in [0.29, 0.717) is 11.4 Å². The Kier molecular flexibility index (Phi) is 5.13. The number of allylic oxidation sites excluding steroid dienone is 1. The zero-order chi connectivity index (χ0) is 21.3. The van der Waals surface area contributed by atoms with Gasteiger partial charge in [0, 0.05) is 17.7 Å². The number of nitro groups is 1. The Bertz CT molecular complexity index is 1050. The first-order valence-electron chi connectivity index (χ1n) is 9.09. The van der Waals surface area contributed by atoms with E-state index in [1.165, 1.54) is 29.3 Å². The van der Waals surface area contributed by atoms with Crippen LogP contribution in [-0.4, -0.2) is 27.9 Å². The van der Waals surface area contributed by atoms with Crippen molar-refractivity contribution in [3.63, 3.8) is 0 Å². The summed E-state index contributed by atoms with van der Waals surface area (Å²) in [6, 6.07) is 13.0. The fourth-order valence-corrected chi connectivity index (χ4v) is 3.34. The second-order valence-corrected chi connectivity index (χ2v) is 6.81. The summed E-state index contributed by atoms with van der Waals surface area (Å²) in [5, 5.41) is 12.6. The molecule has 0 saturated carbocycles. The van der Waals surface area contributed by atoms with Crippen LogP contribution in [0.25, 0.3) is 0 Å². The van der Waals surface area contributed by atoms with E-state index in [-0.39, 0.29) is 12.3 Å². The van der Waals surface area contributed by atoms with Gasteiger partial charge in [0.15, 0.2) is 5.84 Å². The predicted octanol–water partition coefficient (Wildman–Crippen LogP) is 4.37. The average Bonchev–Trinajstić information content (AvgIpc) is 3.10. The molecule has 9 heteroatoms. The number of hydrogen-bond donors (Lipinski definition) is 0. The Morgan fingerprint density at radius 2 is 1.90 bits per heavy atom. The molecule has 1 heterocycles. The molecule has 1 aliphatic carbocycles. The van der Waals surface area contributed by atoms with Crippen molar-refractivity contribution < 1.29 is 22.9 Å². The molecule has 2 atom stereocenters. The molecular weight excluding hydrogens is 399 g/mol. The van der Waals surface area contributed by atoms with E-state index in [4.69, 9.17) is 4.84 Å². The molecule has 0 radical (unpaired) electrons. The predicted molar refractivity (Wildman–Crippen MR) is 103 cm³/mol. The zero-order valence-electron chi connectivity index (χ0n) is 15.5. The van der Waals surface area contributed by atoms with E-state index in [9.17, 15) is 23.3 Å². The summed E-state index contributed by atoms with van der Waals surface area (Å²) in [4.78, 5) is 21.2. The summed E-state index contributed by atoms with van der Waals surface area (Å²) in [5.74, 6) is 0.461. The summed E-state index contributed by atoms with van der Waals surface area (Å²) in [6.45, 7) is -0.148. The fourth-order valence-electron chi connectivity index (χ4n) is 3.34. The average molecular weight is 415 g/mol. The van der Waals surface area contributed by atoms with Crippen molar-refractivity contribution in [2.75, 3.05) is 0 Å². The molecule has 30 heavy (non-hydrogen) atoms. The number of aliphatic imine (C=N–C) groups is 1. The molecule has 6 nitrogen and oxygen atoms in total. The van der Waals surface area contributed by atoms with Crippen molar-refractivity contribution in [1.29, 1.82) is 0 Å². The second kappa shape index (κ2) is 7.75. The maximum Gasteiger partial charge on any atom is 0.416 e. The molecule has 0 saturated heterocycles. The minimum absolute atomic E-state index is 0.0894. The molecule has 0 fully saturated rings. The Morgan fingerprint density at radius 3 is 2.60 bits per heavy atom. The highest BCUT2D eigenvalue weighted by Gasteiger charge is 2.39. The Morgan fingerprint density at radius 1 is 1.13 bits per heavy atom. The molecule has 0 bridgehead atoms. The molecule has 2 unspecified atom stereocenters. The normalized spacial score (nSPS) is 20.6. The zero-order valence-corrected chi connectivity index (χ0v) is 15.5. The van der Waals surface area contributed by atoms with Crippen LogP contribution in [-0.2, 0) is 17.6 Å². The third kappa shape index (κ3) is 3.97. The molecule has 2 aromatic carbocycles.